The summed E-state index contributed by atoms with van der Waals surface area (Å²) in [6.07, 6.45) is -2.92. The van der Waals surface area contributed by atoms with E-state index in [-0.39, 0.29) is 5.44 Å². The largest absolute Gasteiger partial charge is 0.467 e. The van der Waals surface area contributed by atoms with E-state index < -0.39 is 36.7 Å². The Hall–Kier alpha value is -1.90. The van der Waals surface area contributed by atoms with E-state index >= 15 is 0 Å². The van der Waals surface area contributed by atoms with Crippen LogP contribution in [0.15, 0.2) is 60.7 Å². The van der Waals surface area contributed by atoms with Crippen molar-refractivity contribution in [3.05, 3.63) is 71.8 Å². The number of rotatable bonds is 7. The van der Waals surface area contributed by atoms with Crippen LogP contribution in [0.1, 0.15) is 24.3 Å². The van der Waals surface area contributed by atoms with Crippen LogP contribution in [-0.4, -0.2) is 48.7 Å². The van der Waals surface area contributed by atoms with Crippen LogP contribution < -0.4 is 0 Å². The van der Waals surface area contributed by atoms with Crippen LogP contribution in [-0.2, 0) is 35.1 Å². The summed E-state index contributed by atoms with van der Waals surface area (Å²) in [5.41, 5.74) is 1.57. The Bertz CT molecular complexity index is 817. The maximum absolute atomic E-state index is 12.5. The fourth-order valence-electron chi connectivity index (χ4n) is 3.75. The van der Waals surface area contributed by atoms with Gasteiger partial charge in [0.1, 0.15) is 23.7 Å². The van der Waals surface area contributed by atoms with E-state index in [0.29, 0.717) is 6.61 Å². The van der Waals surface area contributed by atoms with Gasteiger partial charge in [-0.15, -0.1) is 11.8 Å². The molecule has 30 heavy (non-hydrogen) atoms. The third-order valence-corrected chi connectivity index (χ3v) is 6.22. The summed E-state index contributed by atoms with van der Waals surface area (Å²) in [6.45, 7) is 2.46. The predicted octanol–water partition coefficient (Wildman–Crippen LogP) is 3.71. The van der Waals surface area contributed by atoms with E-state index in [1.165, 1.54) is 7.11 Å². The van der Waals surface area contributed by atoms with Crippen LogP contribution in [0.25, 0.3) is 0 Å². The molecule has 4 rings (SSSR count). The highest BCUT2D eigenvalue weighted by Gasteiger charge is 2.56. The van der Waals surface area contributed by atoms with Crippen molar-refractivity contribution in [3.8, 4) is 0 Å². The SMILES string of the molecule is CCS[C@@H]1OC(C(=O)OC)[C@@H]2OC(c3ccccc3)O[C@@H]2C1OCc1ccccc1. The van der Waals surface area contributed by atoms with Gasteiger partial charge in [0.05, 0.1) is 13.7 Å². The molecule has 2 aliphatic heterocycles. The van der Waals surface area contributed by atoms with Gasteiger partial charge in [-0.3, -0.25) is 0 Å². The zero-order chi connectivity index (χ0) is 20.9. The van der Waals surface area contributed by atoms with E-state index in [0.717, 1.165) is 16.9 Å². The van der Waals surface area contributed by atoms with E-state index in [1.54, 1.807) is 11.8 Å². The summed E-state index contributed by atoms with van der Waals surface area (Å²) in [6, 6.07) is 19.6. The summed E-state index contributed by atoms with van der Waals surface area (Å²) < 4.78 is 29.9. The van der Waals surface area contributed by atoms with Crippen molar-refractivity contribution < 1.29 is 28.5 Å². The first-order chi connectivity index (χ1) is 14.7. The van der Waals surface area contributed by atoms with Crippen molar-refractivity contribution in [1.82, 2.24) is 0 Å². The van der Waals surface area contributed by atoms with Crippen molar-refractivity contribution >= 4 is 17.7 Å². The topological polar surface area (TPSA) is 63.2 Å². The highest BCUT2D eigenvalue weighted by molar-refractivity contribution is 7.99. The van der Waals surface area contributed by atoms with Crippen LogP contribution in [0.2, 0.25) is 0 Å². The van der Waals surface area contributed by atoms with Gasteiger partial charge < -0.3 is 23.7 Å². The summed E-state index contributed by atoms with van der Waals surface area (Å²) in [7, 11) is 1.35. The van der Waals surface area contributed by atoms with E-state index in [9.17, 15) is 4.79 Å². The van der Waals surface area contributed by atoms with Crippen molar-refractivity contribution in [2.24, 2.45) is 0 Å². The molecule has 160 valence electrons. The Morgan fingerprint density at radius 3 is 2.30 bits per heavy atom. The third-order valence-electron chi connectivity index (χ3n) is 5.18. The maximum atomic E-state index is 12.5. The van der Waals surface area contributed by atoms with Gasteiger partial charge in [-0.05, 0) is 11.3 Å². The molecule has 0 saturated carbocycles. The monoisotopic (exact) mass is 430 g/mol. The Kier molecular flexibility index (Phi) is 7.07. The minimum atomic E-state index is -0.866. The Balaban J connectivity index is 1.59. The zero-order valence-electron chi connectivity index (χ0n) is 17.0. The molecule has 0 radical (unpaired) electrons. The van der Waals surface area contributed by atoms with Crippen molar-refractivity contribution in [2.45, 2.75) is 49.7 Å². The van der Waals surface area contributed by atoms with Crippen molar-refractivity contribution in [2.75, 3.05) is 12.9 Å². The smallest absolute Gasteiger partial charge is 0.337 e. The normalized spacial score (nSPS) is 30.6. The molecule has 2 fully saturated rings. The van der Waals surface area contributed by atoms with Gasteiger partial charge in [0.15, 0.2) is 12.4 Å². The van der Waals surface area contributed by atoms with Gasteiger partial charge >= 0.3 is 5.97 Å². The molecule has 0 aromatic heterocycles. The number of carbonyl (C=O) groups is 1. The molecule has 6 nitrogen and oxygen atoms in total. The lowest BCUT2D eigenvalue weighted by molar-refractivity contribution is -0.198. The molecule has 2 aliphatic rings. The standard InChI is InChI=1S/C23H26O6S/c1-3-30-23-20(26-14-15-10-6-4-7-11-15)18-17(19(29-23)21(24)25-2)27-22(28-18)16-12-8-5-9-13-16/h4-13,17-20,22-23H,3,14H2,1-2H3/t17-,18+,19?,20?,22?,23+/m1/s1. The molecule has 0 spiro atoms. The molecule has 3 unspecified atom stereocenters. The Morgan fingerprint density at radius 1 is 0.967 bits per heavy atom. The number of hydrogen-bond acceptors (Lipinski definition) is 7. The minimum Gasteiger partial charge on any atom is -0.467 e. The van der Waals surface area contributed by atoms with Gasteiger partial charge in [-0.25, -0.2) is 4.79 Å². The number of benzene rings is 2. The molecule has 2 saturated heterocycles. The first-order valence-electron chi connectivity index (χ1n) is 10.1. The predicted molar refractivity (Wildman–Crippen MR) is 113 cm³/mol. The molecular weight excluding hydrogens is 404 g/mol. The second-order valence-electron chi connectivity index (χ2n) is 7.11. The van der Waals surface area contributed by atoms with Gasteiger partial charge in [-0.2, -0.15) is 0 Å². The fraction of sp³-hybridized carbons (Fsp3) is 0.435. The Labute approximate surface area is 180 Å². The number of carbonyl (C=O) groups excluding carboxylic acids is 1. The number of fused-ring (bicyclic) bond motifs is 1. The first-order valence-corrected chi connectivity index (χ1v) is 11.1. The maximum Gasteiger partial charge on any atom is 0.337 e. The van der Waals surface area contributed by atoms with Crippen molar-refractivity contribution in [3.63, 3.8) is 0 Å². The number of methoxy groups -OCH3 is 1. The van der Waals surface area contributed by atoms with Gasteiger partial charge in [0.25, 0.3) is 0 Å². The molecule has 6 atom stereocenters. The molecule has 7 heteroatoms. The molecule has 0 amide bonds. The zero-order valence-corrected chi connectivity index (χ0v) is 17.8. The first kappa shape index (κ1) is 21.3. The molecule has 2 aromatic rings. The van der Waals surface area contributed by atoms with Crippen LogP contribution in [0.4, 0.5) is 0 Å². The number of thioether (sulfide) groups is 1. The highest BCUT2D eigenvalue weighted by Crippen LogP contribution is 2.42. The lowest BCUT2D eigenvalue weighted by Crippen LogP contribution is -2.58. The lowest BCUT2D eigenvalue weighted by atomic mass is 9.99. The summed E-state index contributed by atoms with van der Waals surface area (Å²) in [5, 5.41) is 0. The highest BCUT2D eigenvalue weighted by atomic mass is 32.2. The fourth-order valence-corrected chi connectivity index (χ4v) is 4.70. The minimum absolute atomic E-state index is 0.373. The van der Waals surface area contributed by atoms with Crippen molar-refractivity contribution in [1.29, 1.82) is 0 Å². The lowest BCUT2D eigenvalue weighted by Gasteiger charge is -2.40. The van der Waals surface area contributed by atoms with E-state index in [1.807, 2.05) is 67.6 Å². The quantitative estimate of drug-likeness (QED) is 0.621. The molecule has 2 heterocycles. The third kappa shape index (κ3) is 4.55. The summed E-state index contributed by atoms with van der Waals surface area (Å²) in [5.74, 6) is 0.343. The number of hydrogen-bond donors (Lipinski definition) is 0. The molecular formula is C23H26O6S. The van der Waals surface area contributed by atoms with Crippen LogP contribution in [0.5, 0.6) is 0 Å². The van der Waals surface area contributed by atoms with Crippen LogP contribution in [0.3, 0.4) is 0 Å². The molecule has 0 N–H and O–H groups in total. The second kappa shape index (κ2) is 9.94. The van der Waals surface area contributed by atoms with Crippen LogP contribution in [0, 0.1) is 0 Å². The average molecular weight is 431 g/mol. The van der Waals surface area contributed by atoms with Gasteiger partial charge in [0, 0.05) is 5.56 Å². The number of esters is 1. The summed E-state index contributed by atoms with van der Waals surface area (Å²) >= 11 is 1.58. The number of ether oxygens (including phenoxy) is 5. The van der Waals surface area contributed by atoms with Gasteiger partial charge in [0.2, 0.25) is 0 Å². The van der Waals surface area contributed by atoms with E-state index in [4.69, 9.17) is 23.7 Å². The second-order valence-corrected chi connectivity index (χ2v) is 8.48. The molecule has 0 bridgehead atoms. The summed E-state index contributed by atoms with van der Waals surface area (Å²) in [4.78, 5) is 12.5. The average Bonchev–Trinajstić information content (AvgIpc) is 3.24. The molecule has 0 aliphatic carbocycles. The van der Waals surface area contributed by atoms with E-state index in [2.05, 4.69) is 0 Å². The van der Waals surface area contributed by atoms with Crippen LogP contribution >= 0.6 is 11.8 Å². The molecule has 2 aromatic carbocycles. The van der Waals surface area contributed by atoms with Gasteiger partial charge in [-0.1, -0.05) is 67.6 Å². The Morgan fingerprint density at radius 2 is 1.63 bits per heavy atom.